The molecular weight excluding hydrogens is 264 g/mol. The molecule has 0 bridgehead atoms. The van der Waals surface area contributed by atoms with Crippen LogP contribution >= 0.6 is 0 Å². The van der Waals surface area contributed by atoms with Crippen LogP contribution in [-0.2, 0) is 9.59 Å². The molecule has 2 saturated heterocycles. The Morgan fingerprint density at radius 1 is 1.00 bits per heavy atom. The molecule has 0 aromatic rings. The van der Waals surface area contributed by atoms with Gasteiger partial charge in [0.1, 0.15) is 12.1 Å². The van der Waals surface area contributed by atoms with E-state index in [9.17, 15) is 9.59 Å². The van der Waals surface area contributed by atoms with Gasteiger partial charge in [-0.3, -0.25) is 9.59 Å². The number of fused-ring (bicyclic) bond motifs is 1. The van der Waals surface area contributed by atoms with Crippen LogP contribution in [0.2, 0.25) is 0 Å². The number of amides is 2. The van der Waals surface area contributed by atoms with Crippen molar-refractivity contribution in [2.24, 2.45) is 0 Å². The molecule has 2 fully saturated rings. The van der Waals surface area contributed by atoms with E-state index < -0.39 is 0 Å². The first-order valence-corrected chi connectivity index (χ1v) is 8.81. The third-order valence-corrected chi connectivity index (χ3v) is 4.90. The van der Waals surface area contributed by atoms with Crippen LogP contribution in [0.3, 0.4) is 0 Å². The molecule has 2 amide bonds. The molecule has 0 aromatic carbocycles. The van der Waals surface area contributed by atoms with Crippen molar-refractivity contribution < 1.29 is 9.59 Å². The van der Waals surface area contributed by atoms with Gasteiger partial charge in [-0.15, -0.1) is 0 Å². The molecule has 4 heteroatoms. The minimum absolute atomic E-state index is 0.152. The summed E-state index contributed by atoms with van der Waals surface area (Å²) < 4.78 is 0. The number of unbranched alkanes of at least 4 members (excludes halogenated alkanes) is 5. The van der Waals surface area contributed by atoms with E-state index in [2.05, 4.69) is 6.92 Å². The number of piperazine rings is 1. The van der Waals surface area contributed by atoms with Crippen LogP contribution in [0.1, 0.15) is 71.6 Å². The number of hydrogen-bond acceptors (Lipinski definition) is 2. The highest BCUT2D eigenvalue weighted by Gasteiger charge is 2.46. The van der Waals surface area contributed by atoms with Crippen LogP contribution in [0, 0.1) is 0 Å². The fourth-order valence-electron chi connectivity index (χ4n) is 3.68. The lowest BCUT2D eigenvalue weighted by Crippen LogP contribution is -2.62. The molecule has 120 valence electrons. The zero-order valence-electron chi connectivity index (χ0n) is 13.6. The fraction of sp³-hybridized carbons (Fsp3) is 0.882. The molecule has 2 aliphatic rings. The highest BCUT2D eigenvalue weighted by molar-refractivity contribution is 5.97. The summed E-state index contributed by atoms with van der Waals surface area (Å²) in [4.78, 5) is 28.8. The number of hydrogen-bond donors (Lipinski definition) is 0. The molecular formula is C17H30N2O2. The van der Waals surface area contributed by atoms with Crippen molar-refractivity contribution in [1.82, 2.24) is 9.80 Å². The van der Waals surface area contributed by atoms with Crippen LogP contribution < -0.4 is 0 Å². The van der Waals surface area contributed by atoms with E-state index in [-0.39, 0.29) is 23.9 Å². The van der Waals surface area contributed by atoms with Crippen LogP contribution in [0.15, 0.2) is 0 Å². The minimum atomic E-state index is -0.206. The molecule has 2 atom stereocenters. The maximum atomic E-state index is 12.6. The first-order valence-electron chi connectivity index (χ1n) is 8.81. The smallest absolute Gasteiger partial charge is 0.246 e. The molecule has 2 aliphatic heterocycles. The van der Waals surface area contributed by atoms with Gasteiger partial charge in [-0.1, -0.05) is 46.0 Å². The van der Waals surface area contributed by atoms with E-state index in [1.54, 1.807) is 0 Å². The van der Waals surface area contributed by atoms with Gasteiger partial charge in [0.25, 0.3) is 0 Å². The van der Waals surface area contributed by atoms with Crippen molar-refractivity contribution in [2.45, 2.75) is 83.7 Å². The van der Waals surface area contributed by atoms with Crippen molar-refractivity contribution in [3.8, 4) is 0 Å². The number of rotatable bonds is 8. The van der Waals surface area contributed by atoms with Gasteiger partial charge in [0, 0.05) is 13.1 Å². The predicted molar refractivity (Wildman–Crippen MR) is 83.9 cm³/mol. The van der Waals surface area contributed by atoms with Gasteiger partial charge in [-0.05, 0) is 25.7 Å². The third-order valence-electron chi connectivity index (χ3n) is 4.90. The second-order valence-electron chi connectivity index (χ2n) is 6.41. The van der Waals surface area contributed by atoms with Crippen LogP contribution in [0.4, 0.5) is 0 Å². The SMILES string of the molecule is CCCCCCCCN1C(=O)C2CCCN2C(=O)C1CC. The number of nitrogens with zero attached hydrogens (tertiary/aromatic N) is 2. The standard InChI is InChI=1S/C17H30N2O2/c1-3-5-6-7-8-9-12-18-14(4-2)16(20)19-13-10-11-15(19)17(18)21/h14-15H,3-13H2,1-2H3. The van der Waals surface area contributed by atoms with E-state index in [0.29, 0.717) is 0 Å². The maximum Gasteiger partial charge on any atom is 0.246 e. The van der Waals surface area contributed by atoms with Gasteiger partial charge >= 0.3 is 0 Å². The zero-order valence-corrected chi connectivity index (χ0v) is 13.6. The third kappa shape index (κ3) is 3.58. The highest BCUT2D eigenvalue weighted by atomic mass is 16.2. The van der Waals surface area contributed by atoms with Crippen LogP contribution in [-0.4, -0.2) is 46.8 Å². The molecule has 2 unspecified atom stereocenters. The Bertz CT molecular complexity index is 370. The Morgan fingerprint density at radius 2 is 1.71 bits per heavy atom. The van der Waals surface area contributed by atoms with Crippen molar-refractivity contribution in [2.75, 3.05) is 13.1 Å². The maximum absolute atomic E-state index is 12.6. The van der Waals surface area contributed by atoms with Gasteiger partial charge < -0.3 is 9.80 Å². The van der Waals surface area contributed by atoms with Crippen molar-refractivity contribution in [1.29, 1.82) is 0 Å². The molecule has 0 aromatic heterocycles. The lowest BCUT2D eigenvalue weighted by Gasteiger charge is -2.42. The van der Waals surface area contributed by atoms with Crippen molar-refractivity contribution in [3.05, 3.63) is 0 Å². The van der Waals surface area contributed by atoms with Crippen molar-refractivity contribution >= 4 is 11.8 Å². The Kier molecular flexibility index (Phi) is 6.07. The van der Waals surface area contributed by atoms with E-state index in [0.717, 1.165) is 38.8 Å². The number of carbonyl (C=O) groups excluding carboxylic acids is 2. The molecule has 0 N–H and O–H groups in total. The Hall–Kier alpha value is -1.06. The second-order valence-corrected chi connectivity index (χ2v) is 6.41. The molecule has 21 heavy (non-hydrogen) atoms. The van der Waals surface area contributed by atoms with E-state index in [4.69, 9.17) is 0 Å². The van der Waals surface area contributed by atoms with Gasteiger partial charge in [0.2, 0.25) is 11.8 Å². The van der Waals surface area contributed by atoms with Crippen LogP contribution in [0.5, 0.6) is 0 Å². The Balaban J connectivity index is 1.87. The second kappa shape index (κ2) is 7.81. The van der Waals surface area contributed by atoms with Crippen LogP contribution in [0.25, 0.3) is 0 Å². The fourth-order valence-corrected chi connectivity index (χ4v) is 3.68. The average molecular weight is 294 g/mol. The summed E-state index contributed by atoms with van der Waals surface area (Å²) in [6, 6.07) is -0.358. The topological polar surface area (TPSA) is 40.6 Å². The first-order chi connectivity index (χ1) is 10.2. The number of carbonyl (C=O) groups is 2. The summed E-state index contributed by atoms with van der Waals surface area (Å²) in [5.74, 6) is 0.387. The molecule has 0 saturated carbocycles. The molecule has 0 aliphatic carbocycles. The minimum Gasteiger partial charge on any atom is -0.329 e. The first kappa shape index (κ1) is 16.3. The monoisotopic (exact) mass is 294 g/mol. The van der Waals surface area contributed by atoms with E-state index in [1.807, 2.05) is 16.7 Å². The summed E-state index contributed by atoms with van der Waals surface area (Å²) in [5, 5.41) is 0. The summed E-state index contributed by atoms with van der Waals surface area (Å²) in [5.41, 5.74) is 0. The summed E-state index contributed by atoms with van der Waals surface area (Å²) >= 11 is 0. The molecule has 0 radical (unpaired) electrons. The molecule has 0 spiro atoms. The lowest BCUT2D eigenvalue weighted by molar-refractivity contribution is -0.159. The average Bonchev–Trinajstić information content (AvgIpc) is 2.97. The van der Waals surface area contributed by atoms with E-state index in [1.165, 1.54) is 32.1 Å². The van der Waals surface area contributed by atoms with Gasteiger partial charge in [0.05, 0.1) is 0 Å². The largest absolute Gasteiger partial charge is 0.329 e. The normalized spacial score (nSPS) is 25.6. The zero-order chi connectivity index (χ0) is 15.2. The summed E-state index contributed by atoms with van der Waals surface area (Å²) in [6.45, 7) is 5.77. The Labute approximate surface area is 128 Å². The molecule has 4 nitrogen and oxygen atoms in total. The quantitative estimate of drug-likeness (QED) is 0.646. The Morgan fingerprint density at radius 3 is 2.43 bits per heavy atom. The summed E-state index contributed by atoms with van der Waals surface area (Å²) in [6.07, 6.45) is 9.87. The van der Waals surface area contributed by atoms with Gasteiger partial charge in [0.15, 0.2) is 0 Å². The highest BCUT2D eigenvalue weighted by Crippen LogP contribution is 2.28. The van der Waals surface area contributed by atoms with Gasteiger partial charge in [-0.25, -0.2) is 0 Å². The predicted octanol–water partition coefficient (Wildman–Crippen LogP) is 2.96. The van der Waals surface area contributed by atoms with Gasteiger partial charge in [-0.2, -0.15) is 0 Å². The molecule has 2 rings (SSSR count). The summed E-state index contributed by atoms with van der Waals surface area (Å²) in [7, 11) is 0. The lowest BCUT2D eigenvalue weighted by atomic mass is 10.0. The van der Waals surface area contributed by atoms with E-state index >= 15 is 0 Å². The molecule has 2 heterocycles. The van der Waals surface area contributed by atoms with Crippen molar-refractivity contribution in [3.63, 3.8) is 0 Å².